The van der Waals surface area contributed by atoms with E-state index in [0.29, 0.717) is 23.0 Å². The van der Waals surface area contributed by atoms with Gasteiger partial charge < -0.3 is 19.7 Å². The molecule has 3 amide bonds. The number of nitrogens with zero attached hydrogens (tertiary/aromatic N) is 3. The first-order chi connectivity index (χ1) is 23.8. The van der Waals surface area contributed by atoms with E-state index in [0.717, 1.165) is 49.0 Å². The number of ether oxygens (including phenoxy) is 2. The molecule has 9 nitrogen and oxygen atoms in total. The van der Waals surface area contributed by atoms with Crippen molar-refractivity contribution in [3.05, 3.63) is 101 Å². The number of piperidine rings is 1. The van der Waals surface area contributed by atoms with Crippen LogP contribution in [0.1, 0.15) is 68.8 Å². The number of carbonyl (C=O) groups is 2. The van der Waals surface area contributed by atoms with Crippen LogP contribution in [0.3, 0.4) is 0 Å². The average Bonchev–Trinajstić information content (AvgIpc) is 3.70. The highest BCUT2D eigenvalue weighted by molar-refractivity contribution is 5.99. The molecule has 2 unspecified atom stereocenters. The van der Waals surface area contributed by atoms with Crippen LogP contribution >= 0.6 is 0 Å². The Hall–Kier alpha value is -5.19. The zero-order valence-electron chi connectivity index (χ0n) is 28.6. The number of aromatic nitrogens is 2. The second-order valence-corrected chi connectivity index (χ2v) is 14.6. The zero-order chi connectivity index (χ0) is 35.2. The molecule has 3 aliphatic heterocycles. The van der Waals surface area contributed by atoms with Gasteiger partial charge in [-0.2, -0.15) is 5.10 Å². The van der Waals surface area contributed by atoms with Gasteiger partial charge in [-0.05, 0) is 98.5 Å². The van der Waals surface area contributed by atoms with Gasteiger partial charge in [0.15, 0.2) is 11.5 Å². The predicted octanol–water partition coefficient (Wildman–Crippen LogP) is 8.47. The minimum atomic E-state index is -3.68. The Kier molecular flexibility index (Phi) is 8.61. The molecule has 2 fully saturated rings. The van der Waals surface area contributed by atoms with E-state index in [1.165, 1.54) is 23.8 Å². The summed E-state index contributed by atoms with van der Waals surface area (Å²) in [6.45, 7) is 8.30. The van der Waals surface area contributed by atoms with Crippen molar-refractivity contribution in [2.24, 2.45) is 5.92 Å². The molecule has 50 heavy (non-hydrogen) atoms. The maximum absolute atomic E-state index is 13.4. The van der Waals surface area contributed by atoms with Gasteiger partial charge in [0.1, 0.15) is 5.82 Å². The average molecular weight is 682 g/mol. The third kappa shape index (κ3) is 7.22. The van der Waals surface area contributed by atoms with E-state index in [1.807, 2.05) is 66.4 Å². The summed E-state index contributed by atoms with van der Waals surface area (Å²) >= 11 is 0. The Morgan fingerprint density at radius 2 is 1.60 bits per heavy atom. The molecule has 0 radical (unpaired) electrons. The second kappa shape index (κ2) is 12.9. The lowest BCUT2D eigenvalue weighted by atomic mass is 9.85. The SMILES string of the molecule is Cc1ccc(-n2nc(C(C)(C)C)cc2NC(=O)Nc2ccc(CC3CC4CCC(C3)N4C(=O)C=Cc3ccc4c(c3)OC(F)(F)O4)cc2)cc1. The molecule has 0 saturated carbocycles. The first kappa shape index (κ1) is 33.3. The van der Waals surface area contributed by atoms with E-state index in [9.17, 15) is 18.4 Å². The first-order valence-electron chi connectivity index (χ1n) is 17.0. The number of rotatable bonds is 7. The molecular weight excluding hydrogens is 640 g/mol. The summed E-state index contributed by atoms with van der Waals surface area (Å²) in [6, 6.07) is 22.3. The number of urea groups is 1. The molecule has 2 bridgehead atoms. The fourth-order valence-electron chi connectivity index (χ4n) is 7.19. The Morgan fingerprint density at radius 1 is 0.920 bits per heavy atom. The maximum atomic E-state index is 13.4. The molecular formula is C39H41F2N5O4. The van der Waals surface area contributed by atoms with Gasteiger partial charge in [-0.3, -0.25) is 10.1 Å². The lowest BCUT2D eigenvalue weighted by molar-refractivity contribution is -0.286. The van der Waals surface area contributed by atoms with Crippen molar-refractivity contribution in [2.75, 3.05) is 10.6 Å². The van der Waals surface area contributed by atoms with Crippen molar-refractivity contribution >= 4 is 29.5 Å². The number of hydrogen-bond donors (Lipinski definition) is 2. The maximum Gasteiger partial charge on any atom is 0.586 e. The van der Waals surface area contributed by atoms with E-state index in [-0.39, 0.29) is 40.9 Å². The molecule has 0 aliphatic carbocycles. The van der Waals surface area contributed by atoms with Crippen molar-refractivity contribution in [3.8, 4) is 17.2 Å². The predicted molar refractivity (Wildman–Crippen MR) is 188 cm³/mol. The molecule has 4 aromatic rings. The van der Waals surface area contributed by atoms with Crippen LogP contribution in [0.25, 0.3) is 11.8 Å². The van der Waals surface area contributed by atoms with Gasteiger partial charge in [-0.25, -0.2) is 9.48 Å². The number of amides is 3. The fourth-order valence-corrected chi connectivity index (χ4v) is 7.19. The largest absolute Gasteiger partial charge is 0.586 e. The van der Waals surface area contributed by atoms with Gasteiger partial charge in [-0.15, -0.1) is 8.78 Å². The molecule has 3 aromatic carbocycles. The molecule has 2 atom stereocenters. The summed E-state index contributed by atoms with van der Waals surface area (Å²) in [5, 5.41) is 10.7. The summed E-state index contributed by atoms with van der Waals surface area (Å²) in [6.07, 6.45) is 4.14. The number of alkyl halides is 2. The second-order valence-electron chi connectivity index (χ2n) is 14.6. The Bertz CT molecular complexity index is 1920. The van der Waals surface area contributed by atoms with Gasteiger partial charge in [-0.1, -0.05) is 56.7 Å². The van der Waals surface area contributed by atoms with Crippen molar-refractivity contribution < 1.29 is 27.8 Å². The van der Waals surface area contributed by atoms with Crippen LogP contribution in [0.5, 0.6) is 11.5 Å². The highest BCUT2D eigenvalue weighted by Crippen LogP contribution is 2.42. The van der Waals surface area contributed by atoms with Crippen LogP contribution in [0.15, 0.2) is 78.9 Å². The molecule has 7 rings (SSSR count). The molecule has 4 heterocycles. The number of hydrogen-bond acceptors (Lipinski definition) is 5. The smallest absolute Gasteiger partial charge is 0.395 e. The first-order valence-corrected chi connectivity index (χ1v) is 17.0. The molecule has 11 heteroatoms. The molecule has 260 valence electrons. The van der Waals surface area contributed by atoms with Gasteiger partial charge in [0.05, 0.1) is 11.4 Å². The van der Waals surface area contributed by atoms with Gasteiger partial charge in [0.25, 0.3) is 0 Å². The molecule has 3 aliphatic rings. The standard InChI is InChI=1S/C39H41F2N5O4/c1-24-5-13-29(14-6-24)46-35(23-34(44-46)38(2,3)4)43-37(48)42-28-11-7-25(8-12-28)19-27-20-30-15-16-31(21-27)45(30)36(47)18-10-26-9-17-32-33(22-26)50-39(40,41)49-32/h5-14,17-18,22-23,27,30-31H,15-16,19-21H2,1-4H3,(H2,42,43,48). The van der Waals surface area contributed by atoms with Crippen molar-refractivity contribution in [1.82, 2.24) is 14.7 Å². The van der Waals surface area contributed by atoms with E-state index >= 15 is 0 Å². The third-order valence-electron chi connectivity index (χ3n) is 9.66. The minimum Gasteiger partial charge on any atom is -0.395 e. The molecule has 0 spiro atoms. The zero-order valence-corrected chi connectivity index (χ0v) is 28.6. The summed E-state index contributed by atoms with van der Waals surface area (Å²) in [4.78, 5) is 28.3. The summed E-state index contributed by atoms with van der Waals surface area (Å²) in [5.41, 5.74) is 5.14. The lowest BCUT2D eigenvalue weighted by Gasteiger charge is -2.38. The van der Waals surface area contributed by atoms with Crippen LogP contribution in [0, 0.1) is 12.8 Å². The van der Waals surface area contributed by atoms with Crippen LogP contribution in [-0.4, -0.2) is 45.0 Å². The number of anilines is 2. The number of nitrogens with one attached hydrogen (secondary N) is 2. The number of aryl methyl sites for hydroxylation is 1. The van der Waals surface area contributed by atoms with Gasteiger partial charge in [0, 0.05) is 35.3 Å². The van der Waals surface area contributed by atoms with Crippen molar-refractivity contribution in [3.63, 3.8) is 0 Å². The topological polar surface area (TPSA) is 97.7 Å². The quantitative estimate of drug-likeness (QED) is 0.191. The highest BCUT2D eigenvalue weighted by Gasteiger charge is 2.44. The Labute approximate surface area is 290 Å². The van der Waals surface area contributed by atoms with Crippen LogP contribution < -0.4 is 20.1 Å². The number of carbonyl (C=O) groups excluding carboxylic acids is 2. The van der Waals surface area contributed by atoms with Crippen LogP contribution in [0.4, 0.5) is 25.1 Å². The Balaban J connectivity index is 0.936. The number of halogens is 2. The summed E-state index contributed by atoms with van der Waals surface area (Å²) in [7, 11) is 0. The van der Waals surface area contributed by atoms with E-state index in [2.05, 4.69) is 40.9 Å². The third-order valence-corrected chi connectivity index (χ3v) is 9.66. The van der Waals surface area contributed by atoms with Crippen molar-refractivity contribution in [2.45, 2.75) is 83.6 Å². The monoisotopic (exact) mass is 681 g/mol. The molecule has 2 saturated heterocycles. The van der Waals surface area contributed by atoms with Crippen molar-refractivity contribution in [1.29, 1.82) is 0 Å². The molecule has 1 aromatic heterocycles. The fraction of sp³-hybridized carbons (Fsp3) is 0.359. The van der Waals surface area contributed by atoms with Gasteiger partial charge in [0.2, 0.25) is 5.91 Å². The minimum absolute atomic E-state index is 0.0249. The van der Waals surface area contributed by atoms with E-state index < -0.39 is 6.29 Å². The number of benzene rings is 3. The highest BCUT2D eigenvalue weighted by atomic mass is 19.3. The summed E-state index contributed by atoms with van der Waals surface area (Å²) in [5.74, 6) is 0.891. The lowest BCUT2D eigenvalue weighted by Crippen LogP contribution is -2.46. The van der Waals surface area contributed by atoms with E-state index in [1.54, 1.807) is 16.8 Å². The van der Waals surface area contributed by atoms with Gasteiger partial charge >= 0.3 is 12.3 Å². The molecule has 2 N–H and O–H groups in total. The van der Waals surface area contributed by atoms with Crippen LogP contribution in [-0.2, 0) is 16.6 Å². The Morgan fingerprint density at radius 3 is 2.28 bits per heavy atom. The van der Waals surface area contributed by atoms with Crippen LogP contribution in [0.2, 0.25) is 0 Å². The normalized spacial score (nSPS) is 20.7. The summed E-state index contributed by atoms with van der Waals surface area (Å²) < 4.78 is 37.5. The van der Waals surface area contributed by atoms with E-state index in [4.69, 9.17) is 5.10 Å². The number of fused-ring (bicyclic) bond motifs is 3.